The van der Waals surface area contributed by atoms with Gasteiger partial charge in [-0.3, -0.25) is 0 Å². The Balaban J connectivity index is 1.72. The molecule has 2 nitrogen and oxygen atoms in total. The van der Waals surface area contributed by atoms with E-state index in [4.69, 9.17) is 0 Å². The maximum atomic E-state index is 2.45. The van der Waals surface area contributed by atoms with E-state index in [0.717, 1.165) is 24.9 Å². The van der Waals surface area contributed by atoms with Gasteiger partial charge >= 0.3 is 0 Å². The zero-order valence-electron chi connectivity index (χ0n) is 15.2. The highest BCUT2D eigenvalue weighted by molar-refractivity contribution is 6.08. The summed E-state index contributed by atoms with van der Waals surface area (Å²) in [6.07, 6.45) is 1.40. The Morgan fingerprint density at radius 3 is 2.42 bits per heavy atom. The van der Waals surface area contributed by atoms with Crippen molar-refractivity contribution in [3.8, 4) is 0 Å². The number of nitrogens with zero attached hydrogens (tertiary/aromatic N) is 1. The van der Waals surface area contributed by atoms with E-state index in [0.29, 0.717) is 0 Å². The lowest BCUT2D eigenvalue weighted by Gasteiger charge is -2.32. The van der Waals surface area contributed by atoms with Crippen LogP contribution in [-0.4, -0.2) is 17.7 Å². The SMILES string of the molecule is CCn1c2ccccc2c2cc(C[NH+]3C[C@H](C)C[C@H](C)C3)ccc21. The van der Waals surface area contributed by atoms with E-state index < -0.39 is 0 Å². The van der Waals surface area contributed by atoms with Gasteiger partial charge in [0.2, 0.25) is 0 Å². The Kier molecular flexibility index (Phi) is 4.09. The summed E-state index contributed by atoms with van der Waals surface area (Å²) >= 11 is 0. The molecule has 0 amide bonds. The molecule has 1 fully saturated rings. The van der Waals surface area contributed by atoms with Crippen LogP contribution in [0.2, 0.25) is 0 Å². The number of fused-ring (bicyclic) bond motifs is 3. The Labute approximate surface area is 145 Å². The summed E-state index contributed by atoms with van der Waals surface area (Å²) in [5.41, 5.74) is 4.22. The van der Waals surface area contributed by atoms with Crippen molar-refractivity contribution in [2.75, 3.05) is 13.1 Å². The lowest BCUT2D eigenvalue weighted by Crippen LogP contribution is -3.13. The van der Waals surface area contributed by atoms with E-state index in [9.17, 15) is 0 Å². The predicted octanol–water partition coefficient (Wildman–Crippen LogP) is 3.88. The molecule has 4 rings (SSSR count). The van der Waals surface area contributed by atoms with E-state index in [-0.39, 0.29) is 0 Å². The third-order valence-electron chi connectivity index (χ3n) is 5.69. The number of hydrogen-bond acceptors (Lipinski definition) is 0. The van der Waals surface area contributed by atoms with E-state index >= 15 is 0 Å². The number of piperidine rings is 1. The number of aryl methyl sites for hydroxylation is 1. The molecule has 0 radical (unpaired) electrons. The van der Waals surface area contributed by atoms with E-state index in [1.54, 1.807) is 4.90 Å². The summed E-state index contributed by atoms with van der Waals surface area (Å²) in [5.74, 6) is 1.71. The monoisotopic (exact) mass is 321 g/mol. The number of aromatic nitrogens is 1. The minimum atomic E-state index is 0.856. The number of likely N-dealkylation sites (tertiary alicyclic amines) is 1. The number of hydrogen-bond donors (Lipinski definition) is 1. The van der Waals surface area contributed by atoms with Crippen LogP contribution in [0.15, 0.2) is 42.5 Å². The molecular weight excluding hydrogens is 292 g/mol. The average molecular weight is 321 g/mol. The van der Waals surface area contributed by atoms with Crippen molar-refractivity contribution in [2.24, 2.45) is 11.8 Å². The molecule has 1 saturated heterocycles. The smallest absolute Gasteiger partial charge is 0.103 e. The van der Waals surface area contributed by atoms with Gasteiger partial charge in [0.05, 0.1) is 13.1 Å². The van der Waals surface area contributed by atoms with Crippen LogP contribution in [0, 0.1) is 11.8 Å². The van der Waals surface area contributed by atoms with Gasteiger partial charge in [-0.1, -0.05) is 38.1 Å². The van der Waals surface area contributed by atoms with Crippen LogP contribution >= 0.6 is 0 Å². The van der Waals surface area contributed by atoms with Crippen LogP contribution in [-0.2, 0) is 13.1 Å². The van der Waals surface area contributed by atoms with Crippen LogP contribution in [0.5, 0.6) is 0 Å². The Morgan fingerprint density at radius 2 is 1.67 bits per heavy atom. The van der Waals surface area contributed by atoms with E-state index in [1.807, 2.05) is 0 Å². The van der Waals surface area contributed by atoms with Gasteiger partial charge in [0.15, 0.2) is 0 Å². The number of rotatable bonds is 3. The van der Waals surface area contributed by atoms with Crippen LogP contribution < -0.4 is 4.90 Å². The summed E-state index contributed by atoms with van der Waals surface area (Å²) in [4.78, 5) is 1.75. The molecule has 1 aliphatic rings. The summed E-state index contributed by atoms with van der Waals surface area (Å²) in [6.45, 7) is 11.9. The van der Waals surface area contributed by atoms with Crippen molar-refractivity contribution in [1.82, 2.24) is 4.57 Å². The van der Waals surface area contributed by atoms with Gasteiger partial charge in [0.1, 0.15) is 6.54 Å². The summed E-state index contributed by atoms with van der Waals surface area (Å²) in [6, 6.07) is 16.0. The Morgan fingerprint density at radius 1 is 0.958 bits per heavy atom. The van der Waals surface area contributed by atoms with Crippen molar-refractivity contribution in [3.63, 3.8) is 0 Å². The molecule has 1 aliphatic heterocycles. The molecule has 3 aromatic rings. The molecule has 1 unspecified atom stereocenters. The van der Waals surface area contributed by atoms with Gasteiger partial charge in [-0.15, -0.1) is 0 Å². The van der Waals surface area contributed by atoms with E-state index in [1.165, 1.54) is 46.9 Å². The second-order valence-corrected chi connectivity index (χ2v) is 7.89. The fourth-order valence-electron chi connectivity index (χ4n) is 4.91. The topological polar surface area (TPSA) is 9.37 Å². The highest BCUT2D eigenvalue weighted by Crippen LogP contribution is 2.29. The number of para-hydroxylation sites is 1. The fraction of sp³-hybridized carbons (Fsp3) is 0.455. The number of nitrogens with one attached hydrogen (secondary N) is 1. The first-order valence-electron chi connectivity index (χ1n) is 9.49. The lowest BCUT2D eigenvalue weighted by molar-refractivity contribution is -0.925. The van der Waals surface area contributed by atoms with Crippen LogP contribution in [0.4, 0.5) is 0 Å². The molecule has 2 heteroatoms. The van der Waals surface area contributed by atoms with Gasteiger partial charge in [-0.2, -0.15) is 0 Å². The second kappa shape index (κ2) is 6.25. The van der Waals surface area contributed by atoms with Gasteiger partial charge < -0.3 is 9.47 Å². The van der Waals surface area contributed by atoms with Crippen LogP contribution in [0.25, 0.3) is 21.8 Å². The maximum absolute atomic E-state index is 2.45. The highest BCUT2D eigenvalue weighted by Gasteiger charge is 2.25. The molecule has 0 spiro atoms. The van der Waals surface area contributed by atoms with Gasteiger partial charge in [0.25, 0.3) is 0 Å². The number of quaternary nitrogens is 1. The third-order valence-corrected chi connectivity index (χ3v) is 5.69. The van der Waals surface area contributed by atoms with Crippen molar-refractivity contribution >= 4 is 21.8 Å². The molecule has 24 heavy (non-hydrogen) atoms. The highest BCUT2D eigenvalue weighted by atomic mass is 15.1. The molecule has 0 saturated carbocycles. The third kappa shape index (κ3) is 2.73. The minimum Gasteiger partial charge on any atom is -0.341 e. The molecular formula is C22H29N2+. The van der Waals surface area contributed by atoms with Crippen LogP contribution in [0.1, 0.15) is 32.8 Å². The number of benzene rings is 2. The minimum absolute atomic E-state index is 0.856. The molecule has 0 aliphatic carbocycles. The first-order valence-corrected chi connectivity index (χ1v) is 9.49. The lowest BCUT2D eigenvalue weighted by atomic mass is 9.91. The molecule has 0 bridgehead atoms. The van der Waals surface area contributed by atoms with Crippen molar-refractivity contribution in [1.29, 1.82) is 0 Å². The average Bonchev–Trinajstić information content (AvgIpc) is 2.87. The van der Waals surface area contributed by atoms with Crippen LogP contribution in [0.3, 0.4) is 0 Å². The Hall–Kier alpha value is -1.80. The largest absolute Gasteiger partial charge is 0.341 e. The van der Waals surface area contributed by atoms with Crippen molar-refractivity contribution in [2.45, 2.75) is 40.3 Å². The summed E-state index contributed by atoms with van der Waals surface area (Å²) in [7, 11) is 0. The molecule has 2 aromatic carbocycles. The summed E-state index contributed by atoms with van der Waals surface area (Å²) in [5, 5.41) is 2.81. The quantitative estimate of drug-likeness (QED) is 0.750. The predicted molar refractivity (Wildman–Crippen MR) is 102 cm³/mol. The molecule has 3 atom stereocenters. The fourth-order valence-corrected chi connectivity index (χ4v) is 4.91. The van der Waals surface area contributed by atoms with Crippen molar-refractivity contribution < 1.29 is 4.90 Å². The van der Waals surface area contributed by atoms with E-state index in [2.05, 4.69) is 67.8 Å². The molecule has 126 valence electrons. The zero-order chi connectivity index (χ0) is 16.7. The standard InChI is InChI=1S/C22H28N2/c1-4-24-21-8-6-5-7-19(21)20-12-18(9-10-22(20)24)15-23-13-16(2)11-17(3)14-23/h5-10,12,16-17H,4,11,13-15H2,1-3H3/p+1/t16-,17+. The molecule has 1 N–H and O–H groups in total. The zero-order valence-corrected chi connectivity index (χ0v) is 15.2. The first-order chi connectivity index (χ1) is 11.7. The van der Waals surface area contributed by atoms with Crippen molar-refractivity contribution in [3.05, 3.63) is 48.0 Å². The Bertz CT molecular complexity index is 851. The second-order valence-electron chi connectivity index (χ2n) is 7.89. The summed E-state index contributed by atoms with van der Waals surface area (Å²) < 4.78 is 2.44. The normalized spacial score (nSPS) is 24.7. The van der Waals surface area contributed by atoms with Gasteiger partial charge in [-0.25, -0.2) is 0 Å². The maximum Gasteiger partial charge on any atom is 0.103 e. The first kappa shape index (κ1) is 15.7. The van der Waals surface area contributed by atoms with Gasteiger partial charge in [-0.05, 0) is 31.5 Å². The molecule has 1 aromatic heterocycles. The van der Waals surface area contributed by atoms with Gasteiger partial charge in [0, 0.05) is 45.7 Å². The molecule has 2 heterocycles.